The van der Waals surface area contributed by atoms with Gasteiger partial charge in [-0.2, -0.15) is 18.2 Å². The van der Waals surface area contributed by atoms with Crippen LogP contribution in [0.5, 0.6) is 5.75 Å². The zero-order valence-corrected chi connectivity index (χ0v) is 22.6. The van der Waals surface area contributed by atoms with Crippen LogP contribution >= 0.6 is 0 Å². The van der Waals surface area contributed by atoms with Crippen molar-refractivity contribution in [3.63, 3.8) is 0 Å². The summed E-state index contributed by atoms with van der Waals surface area (Å²) in [5.41, 5.74) is -2.82. The Morgan fingerprint density at radius 2 is 1.85 bits per heavy atom. The summed E-state index contributed by atoms with van der Waals surface area (Å²) in [5.74, 6) is -4.60. The number of phenolic OH excluding ortho intramolecular Hbond substituents is 1. The van der Waals surface area contributed by atoms with Crippen LogP contribution in [-0.4, -0.2) is 56.0 Å². The molecule has 5 rings (SSSR count). The fourth-order valence-corrected chi connectivity index (χ4v) is 5.10. The van der Waals surface area contributed by atoms with Crippen LogP contribution in [0, 0.1) is 18.6 Å². The molecule has 0 aliphatic carbocycles. The van der Waals surface area contributed by atoms with Crippen molar-refractivity contribution in [3.05, 3.63) is 69.9 Å². The van der Waals surface area contributed by atoms with E-state index >= 15 is 4.39 Å². The molecule has 1 aliphatic rings. The number of aryl methyl sites for hydroxylation is 1. The Balaban J connectivity index is 1.92. The lowest BCUT2D eigenvalue weighted by Crippen LogP contribution is -2.55. The van der Waals surface area contributed by atoms with Crippen molar-refractivity contribution in [1.82, 2.24) is 24.8 Å². The third-order valence-electron chi connectivity index (χ3n) is 7.35. The van der Waals surface area contributed by atoms with Gasteiger partial charge in [0.1, 0.15) is 23.1 Å². The first-order chi connectivity index (χ1) is 19.3. The molecular weight excluding hydrogens is 547 g/mol. The summed E-state index contributed by atoms with van der Waals surface area (Å²) in [7, 11) is 0. The maximum atomic E-state index is 15.7. The normalized spacial score (nSPS) is 18.6. The smallest absolute Gasteiger partial charge is 0.397 e. The number of alkyl halides is 3. The van der Waals surface area contributed by atoms with Crippen molar-refractivity contribution in [2.45, 2.75) is 51.9 Å². The molecule has 4 heterocycles. The van der Waals surface area contributed by atoms with Crippen LogP contribution in [0.2, 0.25) is 0 Å². The molecule has 4 aromatic rings. The highest BCUT2D eigenvalue weighted by molar-refractivity contribution is 5.91. The molecule has 1 aromatic carbocycles. The summed E-state index contributed by atoms with van der Waals surface area (Å²) < 4.78 is 73.1. The largest absolute Gasteiger partial charge is 0.507 e. The number of hydrogen-bond acceptors (Lipinski definition) is 7. The maximum absolute atomic E-state index is 15.7. The molecule has 41 heavy (non-hydrogen) atoms. The molecule has 1 saturated heterocycles. The fourth-order valence-electron chi connectivity index (χ4n) is 5.10. The van der Waals surface area contributed by atoms with Crippen molar-refractivity contribution in [2.75, 3.05) is 18.0 Å². The minimum Gasteiger partial charge on any atom is -0.507 e. The Hall–Kier alpha value is -4.13. The van der Waals surface area contributed by atoms with Gasteiger partial charge in [-0.3, -0.25) is 4.98 Å². The van der Waals surface area contributed by atoms with Crippen LogP contribution < -0.4 is 15.9 Å². The van der Waals surface area contributed by atoms with Crippen LogP contribution in [0.1, 0.15) is 37.9 Å². The number of piperazine rings is 1. The van der Waals surface area contributed by atoms with E-state index in [4.69, 9.17) is 0 Å². The van der Waals surface area contributed by atoms with E-state index < -0.39 is 52.1 Å². The molecule has 2 N–H and O–H groups in total. The minimum absolute atomic E-state index is 0.0160. The molecular formula is C28H27F5N6O2. The van der Waals surface area contributed by atoms with Crippen molar-refractivity contribution >= 4 is 16.9 Å². The van der Waals surface area contributed by atoms with Gasteiger partial charge < -0.3 is 15.3 Å². The van der Waals surface area contributed by atoms with Gasteiger partial charge >= 0.3 is 11.9 Å². The number of rotatable bonds is 4. The predicted octanol–water partition coefficient (Wildman–Crippen LogP) is 4.99. The standard InChI is InChI=1S/C28H27F5N6O2/c1-13-8-9-34-22(16(4)28(31,32)33)24(13)39-26-17(25(37-27(39)41)38-12-14(2)35-11-15(38)3)10-19(30)23(36-26)21-18(29)6-5-7-20(21)40/h5-10,14-16,35,40H,11-12H2,1-4H3/t14-,15+,16?/m1/s1. The Kier molecular flexibility index (Phi) is 7.18. The van der Waals surface area contributed by atoms with Crippen molar-refractivity contribution in [2.24, 2.45) is 0 Å². The Morgan fingerprint density at radius 1 is 1.12 bits per heavy atom. The summed E-state index contributed by atoms with van der Waals surface area (Å²) in [6, 6.07) is 5.62. The van der Waals surface area contributed by atoms with Crippen molar-refractivity contribution in [3.8, 4) is 22.7 Å². The van der Waals surface area contributed by atoms with Gasteiger partial charge in [0.05, 0.1) is 28.2 Å². The monoisotopic (exact) mass is 574 g/mol. The number of benzene rings is 1. The highest BCUT2D eigenvalue weighted by Crippen LogP contribution is 2.39. The van der Waals surface area contributed by atoms with Crippen molar-refractivity contribution < 1.29 is 27.1 Å². The molecule has 1 unspecified atom stereocenters. The number of phenols is 1. The number of hydrogen-bond donors (Lipinski definition) is 2. The third kappa shape index (κ3) is 4.98. The molecule has 3 atom stereocenters. The summed E-state index contributed by atoms with van der Waals surface area (Å²) >= 11 is 0. The maximum Gasteiger partial charge on any atom is 0.397 e. The van der Waals surface area contributed by atoms with E-state index in [1.165, 1.54) is 25.3 Å². The lowest BCUT2D eigenvalue weighted by molar-refractivity contribution is -0.147. The second-order valence-electron chi connectivity index (χ2n) is 10.3. The van der Waals surface area contributed by atoms with E-state index in [0.717, 1.165) is 29.7 Å². The van der Waals surface area contributed by atoms with Gasteiger partial charge in [-0.25, -0.2) is 23.1 Å². The van der Waals surface area contributed by atoms with Crippen LogP contribution in [0.3, 0.4) is 0 Å². The summed E-state index contributed by atoms with van der Waals surface area (Å²) in [6.45, 7) is 7.14. The van der Waals surface area contributed by atoms with Gasteiger partial charge in [-0.05, 0) is 57.5 Å². The molecule has 0 spiro atoms. The topological polar surface area (TPSA) is 96.2 Å². The SMILES string of the molecule is Cc1ccnc(C(C)C(F)(F)F)c1-n1c(=O)nc(N2C[C@@H](C)NC[C@@H]2C)c2cc(F)c(-c3c(O)cccc3F)nc21. The number of fused-ring (bicyclic) bond motifs is 1. The second-order valence-corrected chi connectivity index (χ2v) is 10.3. The number of nitrogens with one attached hydrogen (secondary N) is 1. The summed E-state index contributed by atoms with van der Waals surface area (Å²) in [5, 5.41) is 13.7. The summed E-state index contributed by atoms with van der Waals surface area (Å²) in [4.78, 5) is 28.1. The lowest BCUT2D eigenvalue weighted by atomic mass is 10.0. The second kappa shape index (κ2) is 10.4. The first-order valence-corrected chi connectivity index (χ1v) is 12.9. The van der Waals surface area contributed by atoms with E-state index in [1.54, 1.807) is 4.90 Å². The zero-order valence-electron chi connectivity index (χ0n) is 22.6. The quantitative estimate of drug-likeness (QED) is 0.332. The average molecular weight is 575 g/mol. The molecule has 0 bridgehead atoms. The molecule has 0 amide bonds. The number of nitrogens with zero attached hydrogens (tertiary/aromatic N) is 5. The number of pyridine rings is 2. The lowest BCUT2D eigenvalue weighted by Gasteiger charge is -2.38. The van der Waals surface area contributed by atoms with Gasteiger partial charge in [0, 0.05) is 31.4 Å². The minimum atomic E-state index is -4.70. The third-order valence-corrected chi connectivity index (χ3v) is 7.35. The van der Waals surface area contributed by atoms with Crippen LogP contribution in [-0.2, 0) is 0 Å². The first-order valence-electron chi connectivity index (χ1n) is 12.9. The molecule has 1 aliphatic heterocycles. The molecule has 8 nitrogen and oxygen atoms in total. The van der Waals surface area contributed by atoms with Gasteiger partial charge in [0.25, 0.3) is 0 Å². The predicted molar refractivity (Wildman–Crippen MR) is 143 cm³/mol. The number of halogens is 5. The van der Waals surface area contributed by atoms with Gasteiger partial charge in [0.2, 0.25) is 0 Å². The van der Waals surface area contributed by atoms with Crippen LogP contribution in [0.15, 0.2) is 41.3 Å². The highest BCUT2D eigenvalue weighted by atomic mass is 19.4. The van der Waals surface area contributed by atoms with Crippen LogP contribution in [0.25, 0.3) is 28.0 Å². The van der Waals surface area contributed by atoms with E-state index in [2.05, 4.69) is 20.3 Å². The highest BCUT2D eigenvalue weighted by Gasteiger charge is 2.40. The Morgan fingerprint density at radius 3 is 2.54 bits per heavy atom. The Labute approximate surface area is 231 Å². The first kappa shape index (κ1) is 28.4. The van der Waals surface area contributed by atoms with E-state index in [9.17, 15) is 27.5 Å². The van der Waals surface area contributed by atoms with Gasteiger partial charge in [-0.1, -0.05) is 6.07 Å². The van der Waals surface area contributed by atoms with Gasteiger partial charge in [0.15, 0.2) is 11.5 Å². The van der Waals surface area contributed by atoms with E-state index in [0.29, 0.717) is 13.1 Å². The number of anilines is 1. The number of aromatic nitrogens is 4. The average Bonchev–Trinajstić information content (AvgIpc) is 2.89. The molecule has 0 radical (unpaired) electrons. The molecule has 13 heteroatoms. The van der Waals surface area contributed by atoms with E-state index in [-0.39, 0.29) is 40.2 Å². The van der Waals surface area contributed by atoms with Gasteiger partial charge in [-0.15, -0.1) is 0 Å². The van der Waals surface area contributed by atoms with Crippen LogP contribution in [0.4, 0.5) is 27.8 Å². The van der Waals surface area contributed by atoms with E-state index in [1.807, 2.05) is 13.8 Å². The summed E-state index contributed by atoms with van der Waals surface area (Å²) in [6.07, 6.45) is -3.50. The Bertz CT molecular complexity index is 1690. The molecule has 216 valence electrons. The molecule has 3 aromatic heterocycles. The molecule has 1 fully saturated rings. The number of aromatic hydroxyl groups is 1. The fraction of sp³-hybridized carbons (Fsp3) is 0.357. The molecule has 0 saturated carbocycles. The van der Waals surface area contributed by atoms with Crippen molar-refractivity contribution in [1.29, 1.82) is 0 Å². The zero-order chi connectivity index (χ0) is 29.8.